The summed E-state index contributed by atoms with van der Waals surface area (Å²) in [5.74, 6) is 0.431. The molecule has 1 aliphatic carbocycles. The minimum Gasteiger partial charge on any atom is -0.508 e. The van der Waals surface area contributed by atoms with Crippen LogP contribution in [0.25, 0.3) is 0 Å². The summed E-state index contributed by atoms with van der Waals surface area (Å²) >= 11 is 0. The van der Waals surface area contributed by atoms with Crippen LogP contribution >= 0.6 is 0 Å². The SMILES string of the molecule is Cc1nn(C)c(C)c1CNC1CCc2c(O)cccc21. The normalized spacial score (nSPS) is 17.4. The second kappa shape index (κ2) is 4.94. The quantitative estimate of drug-likeness (QED) is 0.902. The largest absolute Gasteiger partial charge is 0.508 e. The topological polar surface area (TPSA) is 50.1 Å². The lowest BCUT2D eigenvalue weighted by Crippen LogP contribution is -2.19. The van der Waals surface area contributed by atoms with E-state index in [1.165, 1.54) is 16.8 Å². The first-order valence-corrected chi connectivity index (χ1v) is 7.11. The van der Waals surface area contributed by atoms with Crippen molar-refractivity contribution >= 4 is 0 Å². The second-order valence-electron chi connectivity index (χ2n) is 5.59. The maximum Gasteiger partial charge on any atom is 0.119 e. The van der Waals surface area contributed by atoms with Gasteiger partial charge in [-0.25, -0.2) is 0 Å². The van der Waals surface area contributed by atoms with E-state index in [4.69, 9.17) is 0 Å². The molecule has 0 saturated carbocycles. The van der Waals surface area contributed by atoms with Crippen molar-refractivity contribution in [1.82, 2.24) is 15.1 Å². The van der Waals surface area contributed by atoms with Crippen LogP contribution in [-0.4, -0.2) is 14.9 Å². The molecule has 3 rings (SSSR count). The fourth-order valence-corrected chi connectivity index (χ4v) is 3.15. The molecule has 0 radical (unpaired) electrons. The third-order valence-electron chi connectivity index (χ3n) is 4.43. The Kier molecular flexibility index (Phi) is 3.26. The maximum absolute atomic E-state index is 9.88. The molecule has 1 aliphatic rings. The standard InChI is InChI=1S/C16H21N3O/c1-10-14(11(2)19(3)18-10)9-17-15-8-7-13-12(15)5-4-6-16(13)20/h4-6,15,17,20H,7-9H2,1-3H3. The molecule has 0 amide bonds. The fraction of sp³-hybridized carbons (Fsp3) is 0.438. The van der Waals surface area contributed by atoms with Gasteiger partial charge in [-0.15, -0.1) is 0 Å². The van der Waals surface area contributed by atoms with Crippen LogP contribution in [-0.2, 0) is 20.0 Å². The number of phenolic OH excluding ortho intramolecular Hbond substituents is 1. The van der Waals surface area contributed by atoms with Crippen molar-refractivity contribution in [3.8, 4) is 5.75 Å². The Hall–Kier alpha value is -1.81. The van der Waals surface area contributed by atoms with Crippen molar-refractivity contribution in [3.05, 3.63) is 46.3 Å². The average molecular weight is 271 g/mol. The van der Waals surface area contributed by atoms with Crippen molar-refractivity contribution in [1.29, 1.82) is 0 Å². The molecule has 0 aliphatic heterocycles. The van der Waals surface area contributed by atoms with Crippen LogP contribution in [0, 0.1) is 13.8 Å². The van der Waals surface area contributed by atoms with E-state index in [2.05, 4.69) is 30.3 Å². The highest BCUT2D eigenvalue weighted by Gasteiger charge is 2.24. The van der Waals surface area contributed by atoms with Crippen molar-refractivity contribution in [2.24, 2.45) is 7.05 Å². The van der Waals surface area contributed by atoms with Gasteiger partial charge >= 0.3 is 0 Å². The maximum atomic E-state index is 9.88. The molecule has 106 valence electrons. The molecule has 1 aromatic heterocycles. The van der Waals surface area contributed by atoms with Crippen molar-refractivity contribution < 1.29 is 5.11 Å². The molecule has 1 unspecified atom stereocenters. The highest BCUT2D eigenvalue weighted by atomic mass is 16.3. The van der Waals surface area contributed by atoms with Crippen LogP contribution in [0.15, 0.2) is 18.2 Å². The molecule has 0 bridgehead atoms. The van der Waals surface area contributed by atoms with Gasteiger partial charge in [0.1, 0.15) is 5.75 Å². The molecular formula is C16H21N3O. The Balaban J connectivity index is 1.77. The lowest BCUT2D eigenvalue weighted by atomic mass is 10.1. The molecule has 0 saturated heterocycles. The molecule has 1 aromatic carbocycles. The summed E-state index contributed by atoms with van der Waals surface area (Å²) in [6.45, 7) is 4.98. The summed E-state index contributed by atoms with van der Waals surface area (Å²) in [6, 6.07) is 6.14. The highest BCUT2D eigenvalue weighted by Crippen LogP contribution is 2.36. The first-order chi connectivity index (χ1) is 9.58. The summed E-state index contributed by atoms with van der Waals surface area (Å²) < 4.78 is 1.93. The minimum atomic E-state index is 0.330. The van der Waals surface area contributed by atoms with Crippen LogP contribution in [0.5, 0.6) is 5.75 Å². The van der Waals surface area contributed by atoms with Crippen LogP contribution in [0.4, 0.5) is 0 Å². The predicted octanol–water partition coefficient (Wildman–Crippen LogP) is 2.52. The van der Waals surface area contributed by atoms with E-state index in [1.807, 2.05) is 17.8 Å². The molecule has 2 aromatic rings. The second-order valence-corrected chi connectivity index (χ2v) is 5.59. The number of rotatable bonds is 3. The van der Waals surface area contributed by atoms with E-state index in [9.17, 15) is 5.11 Å². The smallest absolute Gasteiger partial charge is 0.119 e. The highest BCUT2D eigenvalue weighted by molar-refractivity contribution is 5.44. The van der Waals surface area contributed by atoms with Crippen molar-refractivity contribution in [2.45, 2.75) is 39.3 Å². The Morgan fingerprint density at radius 1 is 1.40 bits per heavy atom. The Morgan fingerprint density at radius 3 is 2.90 bits per heavy atom. The number of aromatic nitrogens is 2. The summed E-state index contributed by atoms with van der Waals surface area (Å²) in [7, 11) is 1.98. The van der Waals surface area contributed by atoms with E-state index in [1.54, 1.807) is 6.07 Å². The predicted molar refractivity (Wildman–Crippen MR) is 78.7 cm³/mol. The Labute approximate surface area is 119 Å². The number of nitrogens with one attached hydrogen (secondary N) is 1. The van der Waals surface area contributed by atoms with E-state index in [0.29, 0.717) is 11.8 Å². The van der Waals surface area contributed by atoms with Gasteiger partial charge in [0, 0.05) is 30.9 Å². The number of benzene rings is 1. The third kappa shape index (κ3) is 2.10. The van der Waals surface area contributed by atoms with Crippen LogP contribution in [0.3, 0.4) is 0 Å². The first kappa shape index (κ1) is 13.2. The first-order valence-electron chi connectivity index (χ1n) is 7.11. The van der Waals surface area contributed by atoms with Gasteiger partial charge in [-0.05, 0) is 43.9 Å². The van der Waals surface area contributed by atoms with Crippen molar-refractivity contribution in [2.75, 3.05) is 0 Å². The van der Waals surface area contributed by atoms with E-state index < -0.39 is 0 Å². The van der Waals surface area contributed by atoms with E-state index in [0.717, 1.165) is 30.6 Å². The van der Waals surface area contributed by atoms with Gasteiger partial charge in [-0.3, -0.25) is 4.68 Å². The lowest BCUT2D eigenvalue weighted by molar-refractivity contribution is 0.469. The molecular weight excluding hydrogens is 250 g/mol. The molecule has 4 heteroatoms. The van der Waals surface area contributed by atoms with Gasteiger partial charge in [-0.1, -0.05) is 12.1 Å². The number of aryl methyl sites for hydroxylation is 2. The zero-order chi connectivity index (χ0) is 14.3. The Bertz CT molecular complexity index is 645. The molecule has 20 heavy (non-hydrogen) atoms. The Morgan fingerprint density at radius 2 is 2.20 bits per heavy atom. The monoisotopic (exact) mass is 271 g/mol. The minimum absolute atomic E-state index is 0.330. The van der Waals surface area contributed by atoms with Crippen molar-refractivity contribution in [3.63, 3.8) is 0 Å². The molecule has 1 heterocycles. The zero-order valence-corrected chi connectivity index (χ0v) is 12.3. The number of fused-ring (bicyclic) bond motifs is 1. The summed E-state index contributed by atoms with van der Waals surface area (Å²) in [6.07, 6.45) is 2.00. The van der Waals surface area contributed by atoms with E-state index in [-0.39, 0.29) is 0 Å². The van der Waals surface area contributed by atoms with Gasteiger partial charge in [0.2, 0.25) is 0 Å². The zero-order valence-electron chi connectivity index (χ0n) is 12.3. The molecule has 4 nitrogen and oxygen atoms in total. The van der Waals surface area contributed by atoms with Crippen LogP contribution < -0.4 is 5.32 Å². The lowest BCUT2D eigenvalue weighted by Gasteiger charge is -2.14. The number of hydrogen-bond donors (Lipinski definition) is 2. The number of aromatic hydroxyl groups is 1. The molecule has 0 fully saturated rings. The van der Waals surface area contributed by atoms with Gasteiger partial charge in [0.15, 0.2) is 0 Å². The number of hydrogen-bond acceptors (Lipinski definition) is 3. The molecule has 1 atom stereocenters. The summed E-state index contributed by atoms with van der Waals surface area (Å²) in [5, 5.41) is 17.9. The average Bonchev–Trinajstić information content (AvgIpc) is 2.92. The third-order valence-corrected chi connectivity index (χ3v) is 4.43. The van der Waals surface area contributed by atoms with Crippen LogP contribution in [0.2, 0.25) is 0 Å². The number of phenols is 1. The van der Waals surface area contributed by atoms with Crippen LogP contribution in [0.1, 0.15) is 40.5 Å². The summed E-state index contributed by atoms with van der Waals surface area (Å²) in [5.41, 5.74) is 5.92. The van der Waals surface area contributed by atoms with Gasteiger partial charge in [0.05, 0.1) is 5.69 Å². The number of nitrogens with zero attached hydrogens (tertiary/aromatic N) is 2. The summed E-state index contributed by atoms with van der Waals surface area (Å²) in [4.78, 5) is 0. The van der Waals surface area contributed by atoms with Gasteiger partial charge in [0.25, 0.3) is 0 Å². The van der Waals surface area contributed by atoms with Gasteiger partial charge in [-0.2, -0.15) is 5.10 Å². The van der Waals surface area contributed by atoms with Gasteiger partial charge < -0.3 is 10.4 Å². The molecule has 2 N–H and O–H groups in total. The van der Waals surface area contributed by atoms with E-state index >= 15 is 0 Å². The fourth-order valence-electron chi connectivity index (χ4n) is 3.15. The molecule has 0 spiro atoms.